The van der Waals surface area contributed by atoms with Crippen molar-refractivity contribution in [1.82, 2.24) is 0 Å². The third-order valence-electron chi connectivity index (χ3n) is 5.89. The summed E-state index contributed by atoms with van der Waals surface area (Å²) < 4.78 is 10.7. The molecule has 0 aromatic heterocycles. The van der Waals surface area contributed by atoms with E-state index >= 15 is 0 Å². The van der Waals surface area contributed by atoms with Crippen LogP contribution in [-0.4, -0.2) is 41.1 Å². The van der Waals surface area contributed by atoms with Crippen molar-refractivity contribution in [3.05, 3.63) is 12.2 Å². The fourth-order valence-electron chi connectivity index (χ4n) is 4.87. The van der Waals surface area contributed by atoms with E-state index in [1.807, 2.05) is 6.92 Å². The predicted molar refractivity (Wildman–Crippen MR) is 79.1 cm³/mol. The number of esters is 2. The number of rotatable bonds is 1. The third-order valence-corrected chi connectivity index (χ3v) is 5.89. The number of fused-ring (bicyclic) bond motifs is 2. The van der Waals surface area contributed by atoms with Crippen molar-refractivity contribution in [2.45, 2.75) is 51.9 Å². The van der Waals surface area contributed by atoms with Gasteiger partial charge < -0.3 is 14.6 Å². The molecule has 2 aliphatic carbocycles. The summed E-state index contributed by atoms with van der Waals surface area (Å²) in [6.45, 7) is 8.72. The van der Waals surface area contributed by atoms with Crippen LogP contribution in [0.5, 0.6) is 0 Å². The summed E-state index contributed by atoms with van der Waals surface area (Å²) in [5.41, 5.74) is -0.851. The van der Waals surface area contributed by atoms with Gasteiger partial charge in [-0.05, 0) is 19.3 Å². The third kappa shape index (κ3) is 2.15. The minimum Gasteiger partial charge on any atom is -0.462 e. The van der Waals surface area contributed by atoms with Gasteiger partial charge in [-0.25, -0.2) is 4.79 Å². The Morgan fingerprint density at radius 2 is 2.09 bits per heavy atom. The van der Waals surface area contributed by atoms with Gasteiger partial charge in [-0.1, -0.05) is 13.5 Å². The van der Waals surface area contributed by atoms with Gasteiger partial charge in [0.2, 0.25) is 0 Å². The highest BCUT2D eigenvalue weighted by atomic mass is 16.6. The van der Waals surface area contributed by atoms with Gasteiger partial charge in [0.15, 0.2) is 0 Å². The molecule has 0 bridgehead atoms. The molecule has 3 fully saturated rings. The zero-order chi connectivity index (χ0) is 17.1. The van der Waals surface area contributed by atoms with Crippen molar-refractivity contribution in [3.63, 3.8) is 0 Å². The van der Waals surface area contributed by atoms with E-state index in [1.54, 1.807) is 6.92 Å². The van der Waals surface area contributed by atoms with Gasteiger partial charge in [0.05, 0.1) is 17.4 Å². The van der Waals surface area contributed by atoms with Crippen LogP contribution in [0, 0.1) is 23.2 Å². The summed E-state index contributed by atoms with van der Waals surface area (Å²) >= 11 is 0. The average Bonchev–Trinajstić information content (AvgIpc) is 2.81. The fourth-order valence-corrected chi connectivity index (χ4v) is 4.87. The zero-order valence-electron chi connectivity index (χ0n) is 13.6. The summed E-state index contributed by atoms with van der Waals surface area (Å²) in [6, 6.07) is 0. The second kappa shape index (κ2) is 5.16. The molecule has 126 valence electrons. The second-order valence-electron chi connectivity index (χ2n) is 7.24. The molecule has 3 aliphatic rings. The monoisotopic (exact) mass is 322 g/mol. The number of hydrogen-bond donors (Lipinski definition) is 1. The number of aliphatic hydroxyl groups is 1. The van der Waals surface area contributed by atoms with Gasteiger partial charge in [0.25, 0.3) is 0 Å². The highest BCUT2D eigenvalue weighted by molar-refractivity contribution is 5.93. The minimum absolute atomic E-state index is 0.0425. The lowest BCUT2D eigenvalue weighted by molar-refractivity contribution is -0.152. The molecule has 0 radical (unpaired) electrons. The number of carbonyl (C=O) groups is 3. The van der Waals surface area contributed by atoms with Crippen molar-refractivity contribution >= 4 is 17.7 Å². The number of ether oxygens (including phenoxy) is 2. The van der Waals surface area contributed by atoms with Crippen LogP contribution in [0.1, 0.15) is 33.6 Å². The Bertz CT molecular complexity index is 596. The van der Waals surface area contributed by atoms with Crippen molar-refractivity contribution in [2.24, 2.45) is 23.2 Å². The summed E-state index contributed by atoms with van der Waals surface area (Å²) in [6.07, 6.45) is -1.49. The Kier molecular flexibility index (Phi) is 3.63. The van der Waals surface area contributed by atoms with Gasteiger partial charge >= 0.3 is 11.9 Å². The summed E-state index contributed by atoms with van der Waals surface area (Å²) in [5, 5.41) is 11.0. The van der Waals surface area contributed by atoms with Gasteiger partial charge in [0, 0.05) is 24.8 Å². The highest BCUT2D eigenvalue weighted by Crippen LogP contribution is 2.56. The maximum absolute atomic E-state index is 12.7. The molecule has 1 saturated heterocycles. The van der Waals surface area contributed by atoms with E-state index in [1.165, 1.54) is 6.92 Å². The standard InChI is InChI=1S/C17H22O6/c1-7-5-10-13(8(2)16(21)23-10)15(20)17(4)12(19)6-11(14(7)17)22-9(3)18/h7,10-11,13-15,20H,2,5-6H2,1,3-4H3/t7-,10+,11+,13-,14-,15+,17-/m1/s1. The lowest BCUT2D eigenvalue weighted by Gasteiger charge is -2.38. The Balaban J connectivity index is 2.04. The SMILES string of the molecule is C=C1C(=O)O[C@H]2C[C@@H](C)[C@@H]3[C@@H](OC(C)=O)CC(=O)[C@@]3(C)[C@@H](O)[C@H]12. The van der Waals surface area contributed by atoms with Crippen LogP contribution in [0.25, 0.3) is 0 Å². The van der Waals surface area contributed by atoms with E-state index < -0.39 is 41.6 Å². The summed E-state index contributed by atoms with van der Waals surface area (Å²) in [5.74, 6) is -2.00. The molecule has 23 heavy (non-hydrogen) atoms. The van der Waals surface area contributed by atoms with Crippen LogP contribution in [0.4, 0.5) is 0 Å². The topological polar surface area (TPSA) is 89.9 Å². The maximum atomic E-state index is 12.7. The van der Waals surface area contributed by atoms with Crippen LogP contribution >= 0.6 is 0 Å². The molecule has 6 nitrogen and oxygen atoms in total. The van der Waals surface area contributed by atoms with Gasteiger partial charge in [-0.15, -0.1) is 0 Å². The number of aliphatic hydroxyl groups excluding tert-OH is 1. The summed E-state index contributed by atoms with van der Waals surface area (Å²) in [7, 11) is 0. The minimum atomic E-state index is -1.07. The second-order valence-corrected chi connectivity index (χ2v) is 7.24. The zero-order valence-corrected chi connectivity index (χ0v) is 13.6. The van der Waals surface area contributed by atoms with Crippen LogP contribution in [-0.2, 0) is 23.9 Å². The number of carbonyl (C=O) groups excluding carboxylic acids is 3. The van der Waals surface area contributed by atoms with Gasteiger partial charge in [-0.2, -0.15) is 0 Å². The molecule has 7 atom stereocenters. The Labute approximate surface area is 134 Å². The molecule has 1 aliphatic heterocycles. The molecule has 0 amide bonds. The lowest BCUT2D eigenvalue weighted by Crippen LogP contribution is -2.47. The Morgan fingerprint density at radius 1 is 1.43 bits per heavy atom. The molecule has 0 unspecified atom stereocenters. The predicted octanol–water partition coefficient (Wildman–Crippen LogP) is 1.01. The number of ketones is 1. The molecular weight excluding hydrogens is 300 g/mol. The van der Waals surface area contributed by atoms with Crippen molar-refractivity contribution in [3.8, 4) is 0 Å². The quantitative estimate of drug-likeness (QED) is 0.572. The van der Waals surface area contributed by atoms with Crippen molar-refractivity contribution in [1.29, 1.82) is 0 Å². The Hall–Kier alpha value is -1.69. The first kappa shape index (κ1) is 16.2. The van der Waals surface area contributed by atoms with Gasteiger partial charge in [-0.3, -0.25) is 9.59 Å². The van der Waals surface area contributed by atoms with Crippen LogP contribution in [0.3, 0.4) is 0 Å². The molecular formula is C17H22O6. The molecule has 0 spiro atoms. The number of Topliss-reactive ketones (excluding diaryl/α,β-unsaturated/α-hetero) is 1. The van der Waals surface area contributed by atoms with Crippen molar-refractivity contribution in [2.75, 3.05) is 0 Å². The van der Waals surface area contributed by atoms with Gasteiger partial charge in [0.1, 0.15) is 18.0 Å². The van der Waals surface area contributed by atoms with E-state index in [2.05, 4.69) is 6.58 Å². The number of hydrogen-bond acceptors (Lipinski definition) is 6. The average molecular weight is 322 g/mol. The molecule has 1 heterocycles. The normalized spacial score (nSPS) is 46.0. The fraction of sp³-hybridized carbons (Fsp3) is 0.706. The smallest absolute Gasteiger partial charge is 0.334 e. The molecule has 2 saturated carbocycles. The van der Waals surface area contributed by atoms with E-state index in [9.17, 15) is 19.5 Å². The van der Waals surface area contributed by atoms with E-state index in [4.69, 9.17) is 9.47 Å². The molecule has 1 N–H and O–H groups in total. The first-order chi connectivity index (χ1) is 10.7. The van der Waals surface area contributed by atoms with E-state index in [0.717, 1.165) is 0 Å². The van der Waals surface area contributed by atoms with Crippen LogP contribution in [0.15, 0.2) is 12.2 Å². The first-order valence-electron chi connectivity index (χ1n) is 7.96. The highest BCUT2D eigenvalue weighted by Gasteiger charge is 2.64. The maximum Gasteiger partial charge on any atom is 0.334 e. The molecule has 6 heteroatoms. The van der Waals surface area contributed by atoms with Crippen LogP contribution in [0.2, 0.25) is 0 Å². The largest absolute Gasteiger partial charge is 0.462 e. The molecule has 3 rings (SSSR count). The van der Waals surface area contributed by atoms with Crippen LogP contribution < -0.4 is 0 Å². The van der Waals surface area contributed by atoms with Crippen molar-refractivity contribution < 1.29 is 29.0 Å². The van der Waals surface area contributed by atoms with E-state index in [-0.39, 0.29) is 29.6 Å². The first-order valence-corrected chi connectivity index (χ1v) is 7.96. The Morgan fingerprint density at radius 3 is 2.70 bits per heavy atom. The summed E-state index contributed by atoms with van der Waals surface area (Å²) in [4.78, 5) is 35.9. The molecule has 0 aromatic rings. The lowest BCUT2D eigenvalue weighted by atomic mass is 9.67. The van der Waals surface area contributed by atoms with E-state index in [0.29, 0.717) is 6.42 Å². The molecule has 0 aromatic carbocycles.